The van der Waals surface area contributed by atoms with Crippen molar-refractivity contribution in [2.45, 2.75) is 26.9 Å². The molecule has 0 saturated carbocycles. The maximum Gasteiger partial charge on any atom is 0.365 e. The number of rotatable bonds is 4. The molecule has 3 rings (SSSR count). The van der Waals surface area contributed by atoms with Gasteiger partial charge in [0.1, 0.15) is 18.2 Å². The first kappa shape index (κ1) is 15.3. The van der Waals surface area contributed by atoms with Gasteiger partial charge in [-0.15, -0.1) is 0 Å². The summed E-state index contributed by atoms with van der Waals surface area (Å²) < 4.78 is 24.8. The number of aliphatic imine (C=N–C) groups is 1. The fourth-order valence-corrected chi connectivity index (χ4v) is 3.01. The van der Waals surface area contributed by atoms with Gasteiger partial charge >= 0.3 is 6.61 Å². The van der Waals surface area contributed by atoms with Crippen LogP contribution in [0.2, 0.25) is 0 Å². The summed E-state index contributed by atoms with van der Waals surface area (Å²) in [7, 11) is 0. The van der Waals surface area contributed by atoms with Crippen molar-refractivity contribution in [3.05, 3.63) is 34.0 Å². The molecule has 0 radical (unpaired) electrons. The van der Waals surface area contributed by atoms with Gasteiger partial charge in [-0.1, -0.05) is 18.5 Å². The molecule has 0 saturated heterocycles. The van der Waals surface area contributed by atoms with Crippen LogP contribution in [0.5, 0.6) is 0 Å². The lowest BCUT2D eigenvalue weighted by Crippen LogP contribution is -2.42. The number of alkyl halides is 2. The van der Waals surface area contributed by atoms with Gasteiger partial charge < -0.3 is 9.80 Å². The predicted molar refractivity (Wildman–Crippen MR) is 79.7 cm³/mol. The van der Waals surface area contributed by atoms with Gasteiger partial charge in [0, 0.05) is 13.1 Å². The third-order valence-electron chi connectivity index (χ3n) is 3.68. The van der Waals surface area contributed by atoms with E-state index in [9.17, 15) is 8.78 Å². The maximum atomic E-state index is 12.4. The molecule has 3 aliphatic rings. The van der Waals surface area contributed by atoms with E-state index < -0.39 is 6.61 Å². The molecule has 0 atom stereocenters. The molecule has 0 aromatic heterocycles. The average molecular weight is 331 g/mol. The molecule has 0 aromatic rings. The Labute approximate surface area is 132 Å². The van der Waals surface area contributed by atoms with E-state index >= 15 is 0 Å². The van der Waals surface area contributed by atoms with Crippen molar-refractivity contribution in [1.82, 2.24) is 14.9 Å². The molecular weight excluding hydrogens is 314 g/mol. The molecule has 0 bridgehead atoms. The molecule has 0 aliphatic carbocycles. The molecule has 5 nitrogen and oxygen atoms in total. The molecule has 0 spiro atoms. The molecule has 120 valence electrons. The highest BCUT2D eigenvalue weighted by molar-refractivity contribution is 6.32. The summed E-state index contributed by atoms with van der Waals surface area (Å²) >= 11 is 6.39. The number of hydrogen-bond donors (Lipinski definition) is 0. The molecule has 0 fully saturated rings. The largest absolute Gasteiger partial charge is 0.365 e. The minimum atomic E-state index is -2.85. The quantitative estimate of drug-likeness (QED) is 0.793. The van der Waals surface area contributed by atoms with Gasteiger partial charge in [0.2, 0.25) is 0 Å². The van der Waals surface area contributed by atoms with E-state index in [2.05, 4.69) is 21.7 Å². The predicted octanol–water partition coefficient (Wildman–Crippen LogP) is 3.05. The minimum Gasteiger partial charge on any atom is -0.352 e. The smallest absolute Gasteiger partial charge is 0.352 e. The van der Waals surface area contributed by atoms with Crippen LogP contribution < -0.4 is 0 Å². The van der Waals surface area contributed by atoms with E-state index in [4.69, 9.17) is 11.6 Å². The lowest BCUT2D eigenvalue weighted by atomic mass is 10.1. The number of hydrogen-bond acceptors (Lipinski definition) is 5. The normalized spacial score (nSPS) is 21.0. The summed E-state index contributed by atoms with van der Waals surface area (Å²) in [5.74, 6) is 0.853. The zero-order valence-corrected chi connectivity index (χ0v) is 13.1. The number of fused-ring (bicyclic) bond motifs is 2. The van der Waals surface area contributed by atoms with Crippen molar-refractivity contribution in [1.29, 1.82) is 0 Å². The highest BCUT2D eigenvalue weighted by Crippen LogP contribution is 2.38. The van der Waals surface area contributed by atoms with E-state index in [-0.39, 0.29) is 6.67 Å². The molecular formula is C14H17ClF2N4O. The second-order valence-corrected chi connectivity index (χ2v) is 5.73. The van der Waals surface area contributed by atoms with Crippen molar-refractivity contribution in [2.75, 3.05) is 19.8 Å². The minimum absolute atomic E-state index is 0.188. The summed E-state index contributed by atoms with van der Waals surface area (Å²) in [4.78, 5) is 12.9. The standard InChI is InChI=1S/C14H17ClF2N4O/c1-3-4-19-6-9(2)11(15)12-13(19)21-8-20(22-14(16)17)7-10(21)5-18-12/h5,7,14H,3-4,6,8H2,1-2H3. The van der Waals surface area contributed by atoms with Gasteiger partial charge in [0.15, 0.2) is 0 Å². The van der Waals surface area contributed by atoms with Gasteiger partial charge in [-0.05, 0) is 18.9 Å². The molecule has 3 heterocycles. The van der Waals surface area contributed by atoms with E-state index in [0.29, 0.717) is 23.0 Å². The van der Waals surface area contributed by atoms with Gasteiger partial charge in [0.25, 0.3) is 0 Å². The lowest BCUT2D eigenvalue weighted by molar-refractivity contribution is -0.263. The van der Waals surface area contributed by atoms with Crippen molar-refractivity contribution < 1.29 is 13.6 Å². The molecule has 0 amide bonds. The van der Waals surface area contributed by atoms with Crippen LogP contribution in [0.3, 0.4) is 0 Å². The Hall–Kier alpha value is -1.60. The van der Waals surface area contributed by atoms with Crippen LogP contribution in [0, 0.1) is 0 Å². The highest BCUT2D eigenvalue weighted by Gasteiger charge is 2.36. The number of nitrogens with zero attached hydrogens (tertiary/aromatic N) is 4. The monoisotopic (exact) mass is 330 g/mol. The van der Waals surface area contributed by atoms with Crippen LogP contribution in [0.15, 0.2) is 39.0 Å². The summed E-state index contributed by atoms with van der Waals surface area (Å²) in [6, 6.07) is 0. The van der Waals surface area contributed by atoms with Gasteiger partial charge in [-0.25, -0.2) is 14.9 Å². The van der Waals surface area contributed by atoms with Gasteiger partial charge in [0.05, 0.1) is 23.1 Å². The molecule has 22 heavy (non-hydrogen) atoms. The zero-order valence-electron chi connectivity index (χ0n) is 12.4. The third-order valence-corrected chi connectivity index (χ3v) is 4.18. The van der Waals surface area contributed by atoms with E-state index in [1.807, 2.05) is 11.8 Å². The van der Waals surface area contributed by atoms with Gasteiger partial charge in [-0.3, -0.25) is 0 Å². The second-order valence-electron chi connectivity index (χ2n) is 5.35. The Morgan fingerprint density at radius 2 is 2.23 bits per heavy atom. The number of hydroxylamine groups is 2. The van der Waals surface area contributed by atoms with Crippen LogP contribution in [-0.4, -0.2) is 47.4 Å². The van der Waals surface area contributed by atoms with Crippen molar-refractivity contribution in [2.24, 2.45) is 4.99 Å². The Morgan fingerprint density at radius 3 is 2.91 bits per heavy atom. The van der Waals surface area contributed by atoms with E-state index in [1.165, 1.54) is 6.20 Å². The van der Waals surface area contributed by atoms with Gasteiger partial charge in [-0.2, -0.15) is 8.78 Å². The molecule has 3 aliphatic heterocycles. The molecule has 0 N–H and O–H groups in total. The third kappa shape index (κ3) is 2.59. The Bertz CT molecular complexity index is 600. The van der Waals surface area contributed by atoms with Crippen LogP contribution in [-0.2, 0) is 4.84 Å². The summed E-state index contributed by atoms with van der Waals surface area (Å²) in [5, 5.41) is 1.75. The van der Waals surface area contributed by atoms with Crippen molar-refractivity contribution in [3.8, 4) is 0 Å². The number of halogens is 3. The SMILES string of the molecule is CCCN1CC(C)=C(Cl)C2=C1N1CN(OC(F)F)C=C1C=N2. The fraction of sp³-hybridized carbons (Fsp3) is 0.500. The van der Waals surface area contributed by atoms with Crippen LogP contribution in [0.1, 0.15) is 20.3 Å². The first-order chi connectivity index (χ1) is 10.5. The Morgan fingerprint density at radius 1 is 1.45 bits per heavy atom. The summed E-state index contributed by atoms with van der Waals surface area (Å²) in [6.45, 7) is 2.96. The topological polar surface area (TPSA) is 31.3 Å². The zero-order chi connectivity index (χ0) is 15.9. The maximum absolute atomic E-state index is 12.4. The second kappa shape index (κ2) is 5.89. The fourth-order valence-electron chi connectivity index (χ4n) is 2.82. The molecule has 0 unspecified atom stereocenters. The first-order valence-electron chi connectivity index (χ1n) is 7.11. The molecule has 0 aromatic carbocycles. The van der Waals surface area contributed by atoms with E-state index in [0.717, 1.165) is 29.4 Å². The van der Waals surface area contributed by atoms with E-state index in [1.54, 1.807) is 6.21 Å². The molecule has 8 heteroatoms. The Balaban J connectivity index is 1.94. The van der Waals surface area contributed by atoms with Crippen molar-refractivity contribution in [3.63, 3.8) is 0 Å². The highest BCUT2D eigenvalue weighted by atomic mass is 35.5. The van der Waals surface area contributed by atoms with Crippen LogP contribution >= 0.6 is 11.6 Å². The van der Waals surface area contributed by atoms with Crippen LogP contribution in [0.25, 0.3) is 0 Å². The summed E-state index contributed by atoms with van der Waals surface area (Å²) in [6.07, 6.45) is 4.11. The number of allylic oxidation sites excluding steroid dienone is 2. The Kier molecular flexibility index (Phi) is 4.10. The van der Waals surface area contributed by atoms with Crippen molar-refractivity contribution >= 4 is 17.8 Å². The average Bonchev–Trinajstić information content (AvgIpc) is 2.85. The van der Waals surface area contributed by atoms with Crippen LogP contribution in [0.4, 0.5) is 8.78 Å². The lowest BCUT2D eigenvalue weighted by Gasteiger charge is -2.39. The summed E-state index contributed by atoms with van der Waals surface area (Å²) in [5.41, 5.74) is 2.46. The first-order valence-corrected chi connectivity index (χ1v) is 7.49.